The number of amides is 2. The molecule has 4 rings (SSSR count). The summed E-state index contributed by atoms with van der Waals surface area (Å²) in [7, 11) is 0. The first kappa shape index (κ1) is 19.6. The fourth-order valence-electron chi connectivity index (χ4n) is 3.78. The Bertz CT molecular complexity index is 861. The molecule has 4 heterocycles. The molecule has 2 saturated heterocycles. The van der Waals surface area contributed by atoms with Crippen LogP contribution in [0.5, 0.6) is 5.75 Å². The third kappa shape index (κ3) is 4.18. The summed E-state index contributed by atoms with van der Waals surface area (Å²) in [4.78, 5) is 20.9. The van der Waals surface area contributed by atoms with Gasteiger partial charge in [0.1, 0.15) is 18.0 Å². The van der Waals surface area contributed by atoms with Crippen molar-refractivity contribution in [2.24, 2.45) is 0 Å². The molecule has 8 heteroatoms. The first-order valence-electron chi connectivity index (χ1n) is 9.75. The van der Waals surface area contributed by atoms with Crippen LogP contribution in [0.4, 0.5) is 4.79 Å². The third-order valence-electron chi connectivity index (χ3n) is 5.39. The summed E-state index contributed by atoms with van der Waals surface area (Å²) >= 11 is 0. The Morgan fingerprint density at radius 1 is 1.14 bits per heavy atom. The predicted molar refractivity (Wildman–Crippen MR) is 106 cm³/mol. The molecule has 2 aromatic heterocycles. The Hall–Kier alpha value is -2.71. The molecule has 4 atom stereocenters. The summed E-state index contributed by atoms with van der Waals surface area (Å²) in [6.45, 7) is 6.58. The predicted octanol–water partition coefficient (Wildman–Crippen LogP) is 1.93. The Kier molecular flexibility index (Phi) is 5.38. The van der Waals surface area contributed by atoms with Gasteiger partial charge in [-0.3, -0.25) is 9.97 Å². The van der Waals surface area contributed by atoms with Crippen molar-refractivity contribution in [2.45, 2.75) is 50.7 Å². The Morgan fingerprint density at radius 3 is 2.66 bits per heavy atom. The summed E-state index contributed by atoms with van der Waals surface area (Å²) in [5, 5.41) is 6.00. The van der Waals surface area contributed by atoms with E-state index in [4.69, 9.17) is 14.2 Å². The van der Waals surface area contributed by atoms with Gasteiger partial charge in [0.25, 0.3) is 0 Å². The van der Waals surface area contributed by atoms with E-state index in [1.165, 1.54) is 0 Å². The number of nitrogens with one attached hydrogen (secondary N) is 2. The zero-order valence-electron chi connectivity index (χ0n) is 16.8. The first-order valence-corrected chi connectivity index (χ1v) is 9.75. The van der Waals surface area contributed by atoms with Crippen LogP contribution < -0.4 is 15.4 Å². The van der Waals surface area contributed by atoms with Gasteiger partial charge in [-0.25, -0.2) is 4.79 Å². The number of fused-ring (bicyclic) bond motifs is 1. The maximum absolute atomic E-state index is 12.6. The molecule has 2 amide bonds. The maximum Gasteiger partial charge on any atom is 0.315 e. The molecule has 0 aliphatic carbocycles. The van der Waals surface area contributed by atoms with Crippen LogP contribution in [0.25, 0.3) is 0 Å². The highest BCUT2D eigenvalue weighted by molar-refractivity contribution is 5.75. The van der Waals surface area contributed by atoms with Crippen LogP contribution in [0.3, 0.4) is 0 Å². The second-order valence-corrected chi connectivity index (χ2v) is 7.90. The SMILES string of the molecule is Cc1ncccc1O[C@H]1CO[C@H]2[C@@H]1OC[C@@H]2NC(=O)NC(C)(C)c1ccncc1. The summed E-state index contributed by atoms with van der Waals surface area (Å²) in [6, 6.07) is 6.99. The second-order valence-electron chi connectivity index (χ2n) is 7.90. The highest BCUT2D eigenvalue weighted by Gasteiger charge is 2.49. The highest BCUT2D eigenvalue weighted by Crippen LogP contribution is 2.30. The van der Waals surface area contributed by atoms with Crippen molar-refractivity contribution >= 4 is 6.03 Å². The molecule has 29 heavy (non-hydrogen) atoms. The standard InChI is InChI=1S/C21H26N4O4/c1-13-16(5-4-8-23-13)29-17-12-28-18-15(11-27-19(17)18)24-20(26)25-21(2,3)14-6-9-22-10-7-14/h4-10,15,17-19H,11-12H2,1-3H3,(H2,24,25,26)/t15-,17-,18+,19+/m0/s1. The number of ether oxygens (including phenoxy) is 3. The van der Waals surface area contributed by atoms with Crippen LogP contribution in [0, 0.1) is 6.92 Å². The first-order chi connectivity index (χ1) is 13.9. The molecule has 2 N–H and O–H groups in total. The van der Waals surface area contributed by atoms with Gasteiger partial charge in [-0.15, -0.1) is 0 Å². The number of hydrogen-bond donors (Lipinski definition) is 2. The van der Waals surface area contributed by atoms with Crippen LogP contribution in [0.15, 0.2) is 42.9 Å². The van der Waals surface area contributed by atoms with Gasteiger partial charge in [-0.1, -0.05) is 0 Å². The van der Waals surface area contributed by atoms with Crippen molar-refractivity contribution in [3.63, 3.8) is 0 Å². The van der Waals surface area contributed by atoms with Gasteiger partial charge in [0.05, 0.1) is 30.5 Å². The number of rotatable bonds is 5. The number of hydrogen-bond acceptors (Lipinski definition) is 6. The third-order valence-corrected chi connectivity index (χ3v) is 5.39. The molecule has 0 saturated carbocycles. The monoisotopic (exact) mass is 398 g/mol. The largest absolute Gasteiger partial charge is 0.483 e. The zero-order valence-corrected chi connectivity index (χ0v) is 16.8. The van der Waals surface area contributed by atoms with E-state index in [0.29, 0.717) is 13.2 Å². The average molecular weight is 398 g/mol. The lowest BCUT2D eigenvalue weighted by atomic mass is 9.95. The average Bonchev–Trinajstić information content (AvgIpc) is 3.27. The Balaban J connectivity index is 1.35. The topological polar surface area (TPSA) is 94.6 Å². The van der Waals surface area contributed by atoms with E-state index < -0.39 is 5.54 Å². The number of urea groups is 1. The Labute approximate surface area is 170 Å². The molecule has 8 nitrogen and oxygen atoms in total. The van der Waals surface area contributed by atoms with Crippen molar-refractivity contribution < 1.29 is 19.0 Å². The fraction of sp³-hybridized carbons (Fsp3) is 0.476. The molecule has 0 unspecified atom stereocenters. The molecule has 0 spiro atoms. The van der Waals surface area contributed by atoms with Crippen LogP contribution >= 0.6 is 0 Å². The van der Waals surface area contributed by atoms with E-state index >= 15 is 0 Å². The van der Waals surface area contributed by atoms with Crippen LogP contribution in [-0.2, 0) is 15.0 Å². The van der Waals surface area contributed by atoms with Crippen molar-refractivity contribution in [2.75, 3.05) is 13.2 Å². The molecule has 2 aliphatic heterocycles. The summed E-state index contributed by atoms with van der Waals surface area (Å²) in [5.41, 5.74) is 1.26. The van der Waals surface area contributed by atoms with Gasteiger partial charge in [-0.2, -0.15) is 0 Å². The fourth-order valence-corrected chi connectivity index (χ4v) is 3.78. The van der Waals surface area contributed by atoms with E-state index in [1.807, 2.05) is 45.0 Å². The van der Waals surface area contributed by atoms with Crippen molar-refractivity contribution in [3.8, 4) is 5.75 Å². The molecule has 154 valence electrons. The number of carbonyl (C=O) groups excluding carboxylic acids is 1. The molecule has 2 aromatic rings. The van der Waals surface area contributed by atoms with Gasteiger partial charge in [0.2, 0.25) is 0 Å². The van der Waals surface area contributed by atoms with Gasteiger partial charge in [0, 0.05) is 18.6 Å². The smallest absolute Gasteiger partial charge is 0.315 e. The summed E-state index contributed by atoms with van der Waals surface area (Å²) < 4.78 is 17.9. The van der Waals surface area contributed by atoms with Crippen molar-refractivity contribution in [1.29, 1.82) is 0 Å². The number of pyridine rings is 2. The maximum atomic E-state index is 12.6. The minimum Gasteiger partial charge on any atom is -0.483 e. The number of aromatic nitrogens is 2. The van der Waals surface area contributed by atoms with Crippen molar-refractivity contribution in [3.05, 3.63) is 54.1 Å². The number of carbonyl (C=O) groups is 1. The van der Waals surface area contributed by atoms with Crippen molar-refractivity contribution in [1.82, 2.24) is 20.6 Å². The molecular weight excluding hydrogens is 372 g/mol. The summed E-state index contributed by atoms with van der Waals surface area (Å²) in [5.74, 6) is 0.721. The van der Waals surface area contributed by atoms with Crippen LogP contribution in [-0.4, -0.2) is 53.6 Å². The number of aryl methyl sites for hydroxylation is 1. The highest BCUT2D eigenvalue weighted by atomic mass is 16.6. The lowest BCUT2D eigenvalue weighted by Crippen LogP contribution is -2.52. The van der Waals surface area contributed by atoms with E-state index in [1.54, 1.807) is 18.6 Å². The lowest BCUT2D eigenvalue weighted by Gasteiger charge is -2.28. The van der Waals surface area contributed by atoms with Gasteiger partial charge < -0.3 is 24.8 Å². The summed E-state index contributed by atoms with van der Waals surface area (Å²) in [6.07, 6.45) is 4.45. The van der Waals surface area contributed by atoms with E-state index in [2.05, 4.69) is 20.6 Å². The van der Waals surface area contributed by atoms with Gasteiger partial charge in [0.15, 0.2) is 6.10 Å². The van der Waals surface area contributed by atoms with E-state index in [0.717, 1.165) is 17.0 Å². The molecule has 2 aliphatic rings. The van der Waals surface area contributed by atoms with Crippen LogP contribution in [0.1, 0.15) is 25.1 Å². The minimum absolute atomic E-state index is 0.229. The second kappa shape index (κ2) is 7.96. The normalized spacial score (nSPS) is 26.0. The lowest BCUT2D eigenvalue weighted by molar-refractivity contribution is 0.0299. The van der Waals surface area contributed by atoms with Gasteiger partial charge >= 0.3 is 6.03 Å². The molecule has 0 bridgehead atoms. The van der Waals surface area contributed by atoms with E-state index in [9.17, 15) is 4.79 Å². The molecule has 0 radical (unpaired) electrons. The molecule has 0 aromatic carbocycles. The Morgan fingerprint density at radius 2 is 1.90 bits per heavy atom. The van der Waals surface area contributed by atoms with Gasteiger partial charge in [-0.05, 0) is 50.6 Å². The zero-order chi connectivity index (χ0) is 20.4. The minimum atomic E-state index is -0.536. The van der Waals surface area contributed by atoms with Crippen LogP contribution in [0.2, 0.25) is 0 Å². The number of nitrogens with zero attached hydrogens (tertiary/aromatic N) is 2. The molecular formula is C21H26N4O4. The van der Waals surface area contributed by atoms with E-state index in [-0.39, 0.29) is 30.4 Å². The molecule has 2 fully saturated rings. The quantitative estimate of drug-likeness (QED) is 0.799.